The lowest BCUT2D eigenvalue weighted by Gasteiger charge is -2.23. The van der Waals surface area contributed by atoms with Gasteiger partial charge in [0.1, 0.15) is 0 Å². The zero-order valence-electron chi connectivity index (χ0n) is 9.47. The van der Waals surface area contributed by atoms with Gasteiger partial charge in [0.25, 0.3) is 0 Å². The smallest absolute Gasteiger partial charge is 0.0606 e. The molecule has 0 aromatic heterocycles. The number of hydrogen-bond donors (Lipinski definition) is 3. The molecule has 0 fully saturated rings. The SMILES string of the molecule is NCCc1ccc(N(CCO)CCO)cc1. The third-order valence-corrected chi connectivity index (χ3v) is 2.47. The van der Waals surface area contributed by atoms with Crippen LogP contribution in [-0.2, 0) is 6.42 Å². The van der Waals surface area contributed by atoms with Crippen molar-refractivity contribution in [2.75, 3.05) is 37.7 Å². The molecule has 0 unspecified atom stereocenters. The molecular formula is C12H20N2O2. The van der Waals surface area contributed by atoms with Crippen molar-refractivity contribution in [1.29, 1.82) is 0 Å². The van der Waals surface area contributed by atoms with Crippen LogP contribution in [0.25, 0.3) is 0 Å². The molecule has 4 heteroatoms. The molecule has 4 nitrogen and oxygen atoms in total. The average molecular weight is 224 g/mol. The molecule has 1 aromatic rings. The molecule has 0 spiro atoms. The summed E-state index contributed by atoms with van der Waals surface area (Å²) in [4.78, 5) is 1.95. The average Bonchev–Trinajstić information content (AvgIpc) is 2.30. The van der Waals surface area contributed by atoms with Crippen LogP contribution in [0.4, 0.5) is 5.69 Å². The number of aliphatic hydroxyl groups excluding tert-OH is 2. The number of nitrogens with zero attached hydrogens (tertiary/aromatic N) is 1. The van der Waals surface area contributed by atoms with Crippen molar-refractivity contribution in [3.63, 3.8) is 0 Å². The van der Waals surface area contributed by atoms with Gasteiger partial charge in [0, 0.05) is 18.8 Å². The summed E-state index contributed by atoms with van der Waals surface area (Å²) in [5, 5.41) is 17.8. The highest BCUT2D eigenvalue weighted by atomic mass is 16.3. The van der Waals surface area contributed by atoms with E-state index in [9.17, 15) is 0 Å². The Balaban J connectivity index is 2.68. The Morgan fingerprint density at radius 2 is 1.56 bits per heavy atom. The number of anilines is 1. The van der Waals surface area contributed by atoms with Gasteiger partial charge in [-0.3, -0.25) is 0 Å². The highest BCUT2D eigenvalue weighted by Gasteiger charge is 2.04. The van der Waals surface area contributed by atoms with E-state index in [0.717, 1.165) is 12.1 Å². The minimum absolute atomic E-state index is 0.0878. The first-order valence-electron chi connectivity index (χ1n) is 5.57. The van der Waals surface area contributed by atoms with Crippen molar-refractivity contribution in [3.8, 4) is 0 Å². The Bertz CT molecular complexity index is 282. The normalized spacial score (nSPS) is 10.4. The topological polar surface area (TPSA) is 69.7 Å². The van der Waals surface area contributed by atoms with Gasteiger partial charge < -0.3 is 20.8 Å². The summed E-state index contributed by atoms with van der Waals surface area (Å²) in [6.07, 6.45) is 0.875. The van der Waals surface area contributed by atoms with Gasteiger partial charge in [-0.15, -0.1) is 0 Å². The lowest BCUT2D eigenvalue weighted by atomic mass is 10.1. The molecule has 16 heavy (non-hydrogen) atoms. The van der Waals surface area contributed by atoms with Crippen molar-refractivity contribution < 1.29 is 10.2 Å². The number of benzene rings is 1. The molecule has 0 aliphatic heterocycles. The van der Waals surface area contributed by atoms with Crippen molar-refractivity contribution in [2.45, 2.75) is 6.42 Å². The molecule has 0 saturated heterocycles. The van der Waals surface area contributed by atoms with Gasteiger partial charge in [-0.1, -0.05) is 12.1 Å². The minimum atomic E-state index is 0.0878. The van der Waals surface area contributed by atoms with E-state index in [1.54, 1.807) is 0 Å². The molecule has 0 bridgehead atoms. The summed E-state index contributed by atoms with van der Waals surface area (Å²) >= 11 is 0. The van der Waals surface area contributed by atoms with E-state index in [-0.39, 0.29) is 13.2 Å². The molecule has 0 atom stereocenters. The Morgan fingerprint density at radius 3 is 2.00 bits per heavy atom. The van der Waals surface area contributed by atoms with Gasteiger partial charge in [0.05, 0.1) is 13.2 Å². The first-order valence-corrected chi connectivity index (χ1v) is 5.57. The van der Waals surface area contributed by atoms with Crippen LogP contribution in [0.5, 0.6) is 0 Å². The van der Waals surface area contributed by atoms with Gasteiger partial charge in [-0.05, 0) is 30.7 Å². The molecule has 1 aromatic carbocycles. The third kappa shape index (κ3) is 3.81. The van der Waals surface area contributed by atoms with Crippen LogP contribution >= 0.6 is 0 Å². The quantitative estimate of drug-likeness (QED) is 0.609. The van der Waals surface area contributed by atoms with Crippen molar-refractivity contribution in [1.82, 2.24) is 0 Å². The van der Waals surface area contributed by atoms with Gasteiger partial charge in [-0.2, -0.15) is 0 Å². The van der Waals surface area contributed by atoms with E-state index in [2.05, 4.69) is 0 Å². The molecule has 1 rings (SSSR count). The van der Waals surface area contributed by atoms with Crippen LogP contribution < -0.4 is 10.6 Å². The van der Waals surface area contributed by atoms with Crippen LogP contribution in [-0.4, -0.2) is 43.1 Å². The van der Waals surface area contributed by atoms with E-state index in [0.29, 0.717) is 19.6 Å². The van der Waals surface area contributed by atoms with Gasteiger partial charge in [0.15, 0.2) is 0 Å². The van der Waals surface area contributed by atoms with Crippen LogP contribution in [0.2, 0.25) is 0 Å². The largest absolute Gasteiger partial charge is 0.395 e. The molecule has 0 aliphatic rings. The summed E-state index contributed by atoms with van der Waals surface area (Å²) < 4.78 is 0. The molecule has 90 valence electrons. The summed E-state index contributed by atoms with van der Waals surface area (Å²) in [5.41, 5.74) is 7.70. The second-order valence-corrected chi connectivity index (χ2v) is 3.64. The molecular weight excluding hydrogens is 204 g/mol. The number of rotatable bonds is 7. The van der Waals surface area contributed by atoms with Crippen LogP contribution in [0.3, 0.4) is 0 Å². The van der Waals surface area contributed by atoms with Crippen LogP contribution in [0.1, 0.15) is 5.56 Å². The zero-order chi connectivity index (χ0) is 11.8. The zero-order valence-corrected chi connectivity index (χ0v) is 9.47. The molecule has 4 N–H and O–H groups in total. The molecule has 0 aliphatic carbocycles. The third-order valence-electron chi connectivity index (χ3n) is 2.47. The number of hydrogen-bond acceptors (Lipinski definition) is 4. The van der Waals surface area contributed by atoms with E-state index in [4.69, 9.17) is 15.9 Å². The first-order chi connectivity index (χ1) is 7.81. The van der Waals surface area contributed by atoms with E-state index in [1.807, 2.05) is 29.2 Å². The lowest BCUT2D eigenvalue weighted by molar-refractivity contribution is 0.281. The van der Waals surface area contributed by atoms with Gasteiger partial charge >= 0.3 is 0 Å². The Morgan fingerprint density at radius 1 is 1.00 bits per heavy atom. The second kappa shape index (κ2) is 7.22. The maximum atomic E-state index is 8.92. The Labute approximate surface area is 96.3 Å². The van der Waals surface area contributed by atoms with Crippen molar-refractivity contribution in [2.24, 2.45) is 5.73 Å². The maximum absolute atomic E-state index is 8.92. The van der Waals surface area contributed by atoms with E-state index >= 15 is 0 Å². The van der Waals surface area contributed by atoms with Crippen LogP contribution in [0.15, 0.2) is 24.3 Å². The van der Waals surface area contributed by atoms with Gasteiger partial charge in [-0.25, -0.2) is 0 Å². The monoisotopic (exact) mass is 224 g/mol. The van der Waals surface area contributed by atoms with Crippen molar-refractivity contribution >= 4 is 5.69 Å². The molecule has 0 amide bonds. The molecule has 0 saturated carbocycles. The maximum Gasteiger partial charge on any atom is 0.0606 e. The lowest BCUT2D eigenvalue weighted by Crippen LogP contribution is -2.29. The fourth-order valence-electron chi connectivity index (χ4n) is 1.65. The van der Waals surface area contributed by atoms with Crippen molar-refractivity contribution in [3.05, 3.63) is 29.8 Å². The van der Waals surface area contributed by atoms with E-state index in [1.165, 1.54) is 5.56 Å². The Hall–Kier alpha value is -1.10. The predicted molar refractivity (Wildman–Crippen MR) is 65.6 cm³/mol. The summed E-state index contributed by atoms with van der Waals surface area (Å²) in [7, 11) is 0. The Kier molecular flexibility index (Phi) is 5.85. The highest BCUT2D eigenvalue weighted by molar-refractivity contribution is 5.47. The number of aliphatic hydroxyl groups is 2. The number of nitrogens with two attached hydrogens (primary N) is 1. The highest BCUT2D eigenvalue weighted by Crippen LogP contribution is 2.14. The predicted octanol–water partition coefficient (Wildman–Crippen LogP) is -0.0212. The fraction of sp³-hybridized carbons (Fsp3) is 0.500. The summed E-state index contributed by atoms with van der Waals surface area (Å²) in [6, 6.07) is 8.06. The first kappa shape index (κ1) is 13.0. The fourth-order valence-corrected chi connectivity index (χ4v) is 1.65. The standard InChI is InChI=1S/C12H20N2O2/c13-6-5-11-1-3-12(4-2-11)14(7-9-15)8-10-16/h1-4,15-16H,5-10,13H2. The summed E-state index contributed by atoms with van der Waals surface area (Å²) in [6.45, 7) is 1.90. The van der Waals surface area contributed by atoms with Gasteiger partial charge in [0.2, 0.25) is 0 Å². The molecule has 0 heterocycles. The van der Waals surface area contributed by atoms with E-state index < -0.39 is 0 Å². The summed E-state index contributed by atoms with van der Waals surface area (Å²) in [5.74, 6) is 0. The second-order valence-electron chi connectivity index (χ2n) is 3.64. The minimum Gasteiger partial charge on any atom is -0.395 e. The molecule has 0 radical (unpaired) electrons. The van der Waals surface area contributed by atoms with Crippen LogP contribution in [0, 0.1) is 0 Å².